The van der Waals surface area contributed by atoms with E-state index in [4.69, 9.17) is 0 Å². The molecule has 6 nitrogen and oxygen atoms in total. The highest BCUT2D eigenvalue weighted by atomic mass is 19.1. The average Bonchev–Trinajstić information content (AvgIpc) is 3.20. The fraction of sp³-hybridized carbons (Fsp3) is 0.600. The predicted octanol–water partition coefficient (Wildman–Crippen LogP) is 2.27. The maximum atomic E-state index is 13.2. The van der Waals surface area contributed by atoms with E-state index in [0.29, 0.717) is 31.2 Å². The fourth-order valence-corrected chi connectivity index (χ4v) is 4.01. The van der Waals surface area contributed by atoms with Gasteiger partial charge in [-0.3, -0.25) is 4.79 Å². The van der Waals surface area contributed by atoms with Crippen LogP contribution in [0.4, 0.5) is 9.18 Å². The topological polar surface area (TPSA) is 64.7 Å². The molecule has 1 aromatic carbocycles. The maximum absolute atomic E-state index is 13.2. The fourth-order valence-electron chi connectivity index (χ4n) is 4.01. The van der Waals surface area contributed by atoms with E-state index in [1.165, 1.54) is 42.7 Å². The van der Waals surface area contributed by atoms with Gasteiger partial charge in [0.2, 0.25) is 5.91 Å². The second kappa shape index (κ2) is 9.17. The van der Waals surface area contributed by atoms with E-state index >= 15 is 0 Å². The van der Waals surface area contributed by atoms with Crippen LogP contribution in [0.5, 0.6) is 0 Å². The summed E-state index contributed by atoms with van der Waals surface area (Å²) in [4.78, 5) is 28.9. The van der Waals surface area contributed by atoms with Crippen LogP contribution in [0.15, 0.2) is 24.3 Å². The molecule has 1 heterocycles. The largest absolute Gasteiger partial charge is 0.352 e. The molecule has 148 valence electrons. The molecule has 1 aliphatic carbocycles. The van der Waals surface area contributed by atoms with Gasteiger partial charge in [-0.25, -0.2) is 9.18 Å². The SMILES string of the molecule is CN(CCCNC(=O)N1CCNC(=O)[C@@H]1c1ccc(F)cc1)C1CCCC1. The number of amides is 3. The summed E-state index contributed by atoms with van der Waals surface area (Å²) < 4.78 is 13.2. The Morgan fingerprint density at radius 2 is 2.00 bits per heavy atom. The lowest BCUT2D eigenvalue weighted by atomic mass is 10.0. The van der Waals surface area contributed by atoms with Gasteiger partial charge in [-0.15, -0.1) is 0 Å². The minimum absolute atomic E-state index is 0.232. The molecule has 1 saturated heterocycles. The normalized spacial score (nSPS) is 20.8. The zero-order valence-electron chi connectivity index (χ0n) is 15.9. The number of urea groups is 1. The summed E-state index contributed by atoms with van der Waals surface area (Å²) in [6.45, 7) is 2.38. The van der Waals surface area contributed by atoms with Crippen molar-refractivity contribution in [3.8, 4) is 0 Å². The molecule has 2 fully saturated rings. The molecule has 0 unspecified atom stereocenters. The number of benzene rings is 1. The Balaban J connectivity index is 1.52. The van der Waals surface area contributed by atoms with Crippen LogP contribution in [0.1, 0.15) is 43.7 Å². The van der Waals surface area contributed by atoms with Crippen LogP contribution in [0.2, 0.25) is 0 Å². The van der Waals surface area contributed by atoms with Crippen molar-refractivity contribution in [3.63, 3.8) is 0 Å². The number of rotatable bonds is 6. The molecule has 1 saturated carbocycles. The van der Waals surface area contributed by atoms with Crippen molar-refractivity contribution >= 4 is 11.9 Å². The first-order chi connectivity index (χ1) is 13.1. The summed E-state index contributed by atoms with van der Waals surface area (Å²) in [6.07, 6.45) is 6.04. The molecule has 2 N–H and O–H groups in total. The molecule has 3 amide bonds. The number of carbonyl (C=O) groups is 2. The van der Waals surface area contributed by atoms with Crippen molar-refractivity contribution < 1.29 is 14.0 Å². The molecular weight excluding hydrogens is 347 g/mol. The Labute approximate surface area is 160 Å². The molecule has 1 aromatic rings. The second-order valence-electron chi connectivity index (χ2n) is 7.44. The van der Waals surface area contributed by atoms with E-state index in [-0.39, 0.29) is 17.8 Å². The lowest BCUT2D eigenvalue weighted by Gasteiger charge is -2.35. The Kier molecular flexibility index (Phi) is 6.66. The first-order valence-corrected chi connectivity index (χ1v) is 9.84. The van der Waals surface area contributed by atoms with Gasteiger partial charge in [-0.2, -0.15) is 0 Å². The van der Waals surface area contributed by atoms with Crippen LogP contribution in [0.25, 0.3) is 0 Å². The molecule has 27 heavy (non-hydrogen) atoms. The van der Waals surface area contributed by atoms with Crippen molar-refractivity contribution in [1.29, 1.82) is 0 Å². The van der Waals surface area contributed by atoms with Crippen LogP contribution in [-0.4, -0.2) is 61.0 Å². The maximum Gasteiger partial charge on any atom is 0.318 e. The van der Waals surface area contributed by atoms with E-state index in [0.717, 1.165) is 13.0 Å². The first kappa shape index (κ1) is 19.6. The van der Waals surface area contributed by atoms with E-state index in [1.54, 1.807) is 12.1 Å². The zero-order valence-corrected chi connectivity index (χ0v) is 15.9. The monoisotopic (exact) mass is 376 g/mol. The van der Waals surface area contributed by atoms with Gasteiger partial charge in [0.05, 0.1) is 0 Å². The minimum atomic E-state index is -0.722. The van der Waals surface area contributed by atoms with Crippen molar-refractivity contribution in [1.82, 2.24) is 20.4 Å². The smallest absolute Gasteiger partial charge is 0.318 e. The van der Waals surface area contributed by atoms with E-state index < -0.39 is 6.04 Å². The highest BCUT2D eigenvalue weighted by Gasteiger charge is 2.34. The van der Waals surface area contributed by atoms with Crippen molar-refractivity contribution in [2.24, 2.45) is 0 Å². The van der Waals surface area contributed by atoms with Gasteiger partial charge in [0.25, 0.3) is 0 Å². The quantitative estimate of drug-likeness (QED) is 0.749. The van der Waals surface area contributed by atoms with Crippen LogP contribution in [0.3, 0.4) is 0 Å². The Morgan fingerprint density at radius 1 is 1.30 bits per heavy atom. The minimum Gasteiger partial charge on any atom is -0.352 e. The van der Waals surface area contributed by atoms with Crippen LogP contribution in [0, 0.1) is 5.82 Å². The summed E-state index contributed by atoms with van der Waals surface area (Å²) in [5.41, 5.74) is 0.615. The first-order valence-electron chi connectivity index (χ1n) is 9.84. The van der Waals surface area contributed by atoms with Crippen LogP contribution in [-0.2, 0) is 4.79 Å². The van der Waals surface area contributed by atoms with Crippen molar-refractivity contribution in [2.45, 2.75) is 44.2 Å². The number of carbonyl (C=O) groups excluding carboxylic acids is 2. The Morgan fingerprint density at radius 3 is 2.70 bits per heavy atom. The summed E-state index contributed by atoms with van der Waals surface area (Å²) in [5.74, 6) is -0.596. The lowest BCUT2D eigenvalue weighted by molar-refractivity contribution is -0.127. The molecule has 0 radical (unpaired) electrons. The average molecular weight is 376 g/mol. The Hall–Kier alpha value is -2.15. The molecule has 1 atom stereocenters. The van der Waals surface area contributed by atoms with E-state index in [2.05, 4.69) is 22.6 Å². The zero-order chi connectivity index (χ0) is 19.2. The molecular formula is C20H29FN4O2. The second-order valence-corrected chi connectivity index (χ2v) is 7.44. The summed E-state index contributed by atoms with van der Waals surface area (Å²) in [7, 11) is 2.15. The Bertz CT molecular complexity index is 646. The van der Waals surface area contributed by atoms with Gasteiger partial charge in [0.15, 0.2) is 0 Å². The number of nitrogens with one attached hydrogen (secondary N) is 2. The molecule has 1 aliphatic heterocycles. The highest BCUT2D eigenvalue weighted by Crippen LogP contribution is 2.24. The summed E-state index contributed by atoms with van der Waals surface area (Å²) >= 11 is 0. The van der Waals surface area contributed by atoms with Crippen molar-refractivity contribution in [2.75, 3.05) is 33.2 Å². The third kappa shape index (κ3) is 4.97. The van der Waals surface area contributed by atoms with Gasteiger partial charge in [-0.05, 0) is 50.6 Å². The van der Waals surface area contributed by atoms with Gasteiger partial charge in [0, 0.05) is 25.7 Å². The number of halogens is 1. The van der Waals surface area contributed by atoms with E-state index in [1.807, 2.05) is 0 Å². The molecule has 3 rings (SSSR count). The lowest BCUT2D eigenvalue weighted by Crippen LogP contribution is -2.55. The molecule has 0 spiro atoms. The molecule has 2 aliphatic rings. The summed E-state index contributed by atoms with van der Waals surface area (Å²) in [5, 5.41) is 5.72. The molecule has 0 bridgehead atoms. The van der Waals surface area contributed by atoms with Gasteiger partial charge >= 0.3 is 6.03 Å². The van der Waals surface area contributed by atoms with Gasteiger partial charge in [-0.1, -0.05) is 25.0 Å². The molecule has 0 aromatic heterocycles. The van der Waals surface area contributed by atoms with E-state index in [9.17, 15) is 14.0 Å². The number of piperazine rings is 1. The third-order valence-corrected chi connectivity index (χ3v) is 5.57. The molecule has 7 heteroatoms. The van der Waals surface area contributed by atoms with Crippen molar-refractivity contribution in [3.05, 3.63) is 35.6 Å². The predicted molar refractivity (Wildman–Crippen MR) is 102 cm³/mol. The van der Waals surface area contributed by atoms with Crippen LogP contribution < -0.4 is 10.6 Å². The number of hydrogen-bond acceptors (Lipinski definition) is 3. The highest BCUT2D eigenvalue weighted by molar-refractivity contribution is 5.89. The van der Waals surface area contributed by atoms with Gasteiger partial charge in [0.1, 0.15) is 11.9 Å². The number of nitrogens with zero attached hydrogens (tertiary/aromatic N) is 2. The number of hydrogen-bond donors (Lipinski definition) is 2. The van der Waals surface area contributed by atoms with Crippen LogP contribution >= 0.6 is 0 Å². The third-order valence-electron chi connectivity index (χ3n) is 5.57. The standard InChI is InChI=1S/C20H29FN4O2/c1-24(17-5-2-3-6-17)13-4-11-23-20(27)25-14-12-22-19(26)18(25)15-7-9-16(21)10-8-15/h7-10,17-18H,2-6,11-14H2,1H3,(H,22,26)(H,23,27)/t18-/m0/s1. The van der Waals surface area contributed by atoms with Gasteiger partial charge < -0.3 is 20.4 Å². The summed E-state index contributed by atoms with van der Waals surface area (Å²) in [6, 6.07) is 5.44.